The molecule has 3 heterocycles. The molecule has 2 aliphatic heterocycles. The van der Waals surface area contributed by atoms with Crippen molar-refractivity contribution in [3.63, 3.8) is 0 Å². The van der Waals surface area contributed by atoms with Crippen LogP contribution in [0.5, 0.6) is 0 Å². The summed E-state index contributed by atoms with van der Waals surface area (Å²) in [6.07, 6.45) is 8.22. The van der Waals surface area contributed by atoms with Crippen molar-refractivity contribution < 1.29 is 9.18 Å². The van der Waals surface area contributed by atoms with Crippen molar-refractivity contribution >= 4 is 29.1 Å². The molecule has 2 aromatic carbocycles. The van der Waals surface area contributed by atoms with Gasteiger partial charge in [-0.3, -0.25) is 9.80 Å². The van der Waals surface area contributed by atoms with Crippen LogP contribution in [-0.2, 0) is 5.54 Å². The minimum absolute atomic E-state index is 0.0631. The van der Waals surface area contributed by atoms with E-state index >= 15 is 0 Å². The van der Waals surface area contributed by atoms with Gasteiger partial charge >= 0.3 is 0 Å². The lowest BCUT2D eigenvalue weighted by Crippen LogP contribution is -2.51. The number of allylic oxidation sites excluding steroid dienone is 3. The first kappa shape index (κ1) is 23.9. The molecular weight excluding hydrogens is 514 g/mol. The van der Waals surface area contributed by atoms with Crippen molar-refractivity contribution in [2.45, 2.75) is 37.8 Å². The number of hydrogen-bond acceptors (Lipinski definition) is 5. The van der Waals surface area contributed by atoms with Crippen molar-refractivity contribution in [1.82, 2.24) is 30.5 Å². The van der Waals surface area contributed by atoms with Crippen LogP contribution in [0, 0.1) is 6.92 Å². The van der Waals surface area contributed by atoms with Crippen molar-refractivity contribution in [2.75, 3.05) is 0 Å². The Labute approximate surface area is 223 Å². The van der Waals surface area contributed by atoms with Crippen LogP contribution in [-0.4, -0.2) is 31.7 Å². The van der Waals surface area contributed by atoms with Gasteiger partial charge in [0, 0.05) is 0 Å². The Kier molecular flexibility index (Phi) is 5.90. The van der Waals surface area contributed by atoms with Gasteiger partial charge < -0.3 is 5.32 Å². The maximum Gasteiger partial charge on any atom is 0.255 e. The molecule has 3 aromatic rings. The molecule has 1 amide bonds. The maximum atomic E-state index is 13.9. The van der Waals surface area contributed by atoms with E-state index in [1.54, 1.807) is 41.2 Å². The van der Waals surface area contributed by atoms with Gasteiger partial charge in [-0.1, -0.05) is 53.5 Å². The van der Waals surface area contributed by atoms with E-state index in [-0.39, 0.29) is 33.4 Å². The molecule has 2 N–H and O–H groups in total. The molecule has 10 heteroatoms. The van der Waals surface area contributed by atoms with E-state index < -0.39 is 5.54 Å². The molecule has 1 aliphatic carbocycles. The topological polar surface area (TPSA) is 75.1 Å². The van der Waals surface area contributed by atoms with Crippen molar-refractivity contribution in [2.24, 2.45) is 0 Å². The van der Waals surface area contributed by atoms with Crippen LogP contribution in [0.2, 0.25) is 10.0 Å². The second-order valence-electron chi connectivity index (χ2n) is 9.45. The number of hydrazine groups is 1. The SMILES string of the molecule is Cc1ncn(-c2cc(Cl)c(C(=O)NC3(c4ccccc4)CCC4NN5C=C(F)C=CC5=C4C3)c(Cl)c2)n1. The minimum atomic E-state index is -0.698. The predicted molar refractivity (Wildman–Crippen MR) is 140 cm³/mol. The molecule has 2 unspecified atom stereocenters. The number of rotatable bonds is 4. The van der Waals surface area contributed by atoms with Crippen LogP contribution in [0.4, 0.5) is 4.39 Å². The summed E-state index contributed by atoms with van der Waals surface area (Å²) in [6.45, 7) is 1.78. The molecule has 37 heavy (non-hydrogen) atoms. The molecule has 1 aromatic heterocycles. The van der Waals surface area contributed by atoms with Crippen LogP contribution in [0.25, 0.3) is 5.69 Å². The van der Waals surface area contributed by atoms with E-state index in [4.69, 9.17) is 23.2 Å². The number of fused-ring (bicyclic) bond motifs is 2. The van der Waals surface area contributed by atoms with Gasteiger partial charge in [0.15, 0.2) is 0 Å². The molecule has 0 radical (unpaired) electrons. The number of amides is 1. The molecule has 1 saturated carbocycles. The predicted octanol–water partition coefficient (Wildman–Crippen LogP) is 5.52. The van der Waals surface area contributed by atoms with Crippen LogP contribution in [0.1, 0.15) is 41.0 Å². The quantitative estimate of drug-likeness (QED) is 0.459. The fourth-order valence-corrected chi connectivity index (χ4v) is 6.01. The average Bonchev–Trinajstić information content (AvgIpc) is 3.46. The van der Waals surface area contributed by atoms with Gasteiger partial charge in [0.25, 0.3) is 5.91 Å². The number of carbonyl (C=O) groups is 1. The number of benzene rings is 2. The lowest BCUT2D eigenvalue weighted by Gasteiger charge is -2.41. The zero-order valence-corrected chi connectivity index (χ0v) is 21.4. The number of nitrogens with zero attached hydrogens (tertiary/aromatic N) is 4. The molecule has 3 aliphatic rings. The third-order valence-corrected chi connectivity index (χ3v) is 7.71. The Morgan fingerprint density at radius 3 is 2.65 bits per heavy atom. The fourth-order valence-electron chi connectivity index (χ4n) is 5.37. The summed E-state index contributed by atoms with van der Waals surface area (Å²) in [7, 11) is 0. The Bertz CT molecular complexity index is 1470. The van der Waals surface area contributed by atoms with Crippen LogP contribution >= 0.6 is 23.2 Å². The van der Waals surface area contributed by atoms with E-state index in [0.29, 0.717) is 24.4 Å². The van der Waals surface area contributed by atoms with Gasteiger partial charge in [0.2, 0.25) is 0 Å². The summed E-state index contributed by atoms with van der Waals surface area (Å²) in [5.74, 6) is -0.0695. The third kappa shape index (κ3) is 4.25. The van der Waals surface area contributed by atoms with Crippen LogP contribution < -0.4 is 10.7 Å². The van der Waals surface area contributed by atoms with Gasteiger partial charge in [-0.05, 0) is 61.6 Å². The second kappa shape index (κ2) is 9.13. The van der Waals surface area contributed by atoms with E-state index in [0.717, 1.165) is 23.3 Å². The summed E-state index contributed by atoms with van der Waals surface area (Å²) in [5, 5.41) is 9.75. The largest absolute Gasteiger partial charge is 0.342 e. The Hall–Kier alpha value is -3.46. The number of aromatic nitrogens is 3. The highest BCUT2D eigenvalue weighted by atomic mass is 35.5. The first-order valence-electron chi connectivity index (χ1n) is 11.9. The molecule has 0 bridgehead atoms. The van der Waals surface area contributed by atoms with Gasteiger partial charge in [-0.15, -0.1) is 0 Å². The van der Waals surface area contributed by atoms with E-state index in [9.17, 15) is 9.18 Å². The molecule has 6 rings (SSSR count). The monoisotopic (exact) mass is 536 g/mol. The highest BCUT2D eigenvalue weighted by Crippen LogP contribution is 2.45. The molecule has 7 nitrogen and oxygen atoms in total. The second-order valence-corrected chi connectivity index (χ2v) is 10.3. The molecule has 0 spiro atoms. The van der Waals surface area contributed by atoms with Crippen LogP contribution in [0.15, 0.2) is 84.2 Å². The highest BCUT2D eigenvalue weighted by Gasteiger charge is 2.45. The van der Waals surface area contributed by atoms with Crippen molar-refractivity contribution in [1.29, 1.82) is 0 Å². The maximum absolute atomic E-state index is 13.9. The Morgan fingerprint density at radius 1 is 1.19 bits per heavy atom. The molecule has 188 valence electrons. The Balaban J connectivity index is 1.37. The first-order chi connectivity index (χ1) is 17.8. The number of nitrogens with one attached hydrogen (secondary N) is 2. The van der Waals surface area contributed by atoms with Crippen LogP contribution in [0.3, 0.4) is 0 Å². The molecule has 2 atom stereocenters. The first-order valence-corrected chi connectivity index (χ1v) is 12.7. The number of carbonyl (C=O) groups excluding carboxylic acids is 1. The molecule has 1 fully saturated rings. The summed E-state index contributed by atoms with van der Waals surface area (Å²) >= 11 is 13.2. The highest BCUT2D eigenvalue weighted by molar-refractivity contribution is 6.40. The molecular formula is C27H23Cl2FN6O. The van der Waals surface area contributed by atoms with E-state index in [1.165, 1.54) is 12.3 Å². The number of halogens is 3. The zero-order valence-electron chi connectivity index (χ0n) is 19.9. The standard InChI is InChI=1S/C27H23Cl2FN6O/c1-16-31-15-36(33-16)19-11-21(28)25(22(29)12-19)26(37)32-27(17-5-3-2-4-6-17)10-9-23-20(13-27)24-8-7-18(30)14-35(24)34-23/h2-8,11-12,14-15,23,34H,9-10,13H2,1H3,(H,32,37). The smallest absolute Gasteiger partial charge is 0.255 e. The lowest BCUT2D eigenvalue weighted by atomic mass is 9.72. The summed E-state index contributed by atoms with van der Waals surface area (Å²) in [5.41, 5.74) is 6.48. The van der Waals surface area contributed by atoms with Crippen molar-refractivity contribution in [3.05, 3.63) is 111 Å². The Morgan fingerprint density at radius 2 is 1.95 bits per heavy atom. The average molecular weight is 537 g/mol. The number of hydrogen-bond donors (Lipinski definition) is 2. The van der Waals surface area contributed by atoms with E-state index in [1.807, 2.05) is 30.3 Å². The van der Waals surface area contributed by atoms with Crippen molar-refractivity contribution in [3.8, 4) is 5.69 Å². The number of aryl methyl sites for hydroxylation is 1. The fraction of sp³-hybridized carbons (Fsp3) is 0.222. The summed E-state index contributed by atoms with van der Waals surface area (Å²) in [4.78, 5) is 17.9. The van der Waals surface area contributed by atoms with Gasteiger partial charge in [0.1, 0.15) is 18.0 Å². The lowest BCUT2D eigenvalue weighted by molar-refractivity contribution is 0.0875. The molecule has 0 saturated heterocycles. The van der Waals surface area contributed by atoms with Gasteiger partial charge in [-0.25, -0.2) is 19.5 Å². The zero-order chi connectivity index (χ0) is 25.7. The summed E-state index contributed by atoms with van der Waals surface area (Å²) in [6, 6.07) is 13.3. The van der Waals surface area contributed by atoms with E-state index in [2.05, 4.69) is 20.8 Å². The summed E-state index contributed by atoms with van der Waals surface area (Å²) < 4.78 is 15.4. The van der Waals surface area contributed by atoms with Gasteiger partial charge in [0.05, 0.1) is 44.8 Å². The van der Waals surface area contributed by atoms with Gasteiger partial charge in [-0.2, -0.15) is 5.10 Å². The normalized spacial score (nSPS) is 22.5. The third-order valence-electron chi connectivity index (χ3n) is 7.11. The minimum Gasteiger partial charge on any atom is -0.342 e.